The molecule has 0 aliphatic rings. The number of carboxylic acids is 1. The van der Waals surface area contributed by atoms with Crippen molar-refractivity contribution in [3.8, 4) is 0 Å². The molecular weight excluding hydrogens is 250 g/mol. The van der Waals surface area contributed by atoms with Gasteiger partial charge in [-0.1, -0.05) is 20.8 Å². The quantitative estimate of drug-likeness (QED) is 0.742. The normalized spacial score (nSPS) is 13.6. The van der Waals surface area contributed by atoms with Crippen molar-refractivity contribution < 1.29 is 15.0 Å². The molecule has 5 heteroatoms. The maximum atomic E-state index is 10.8. The van der Waals surface area contributed by atoms with E-state index in [1.54, 1.807) is 11.4 Å². The minimum atomic E-state index is -0.889. The molecule has 102 valence electrons. The Morgan fingerprint density at radius 3 is 2.61 bits per heavy atom. The van der Waals surface area contributed by atoms with Crippen molar-refractivity contribution in [3.63, 3.8) is 0 Å². The third-order valence-electron chi connectivity index (χ3n) is 2.89. The number of aliphatic hydroxyl groups is 1. The first-order valence-electron chi connectivity index (χ1n) is 5.99. The number of carbonyl (C=O) groups is 1. The summed E-state index contributed by atoms with van der Waals surface area (Å²) in [7, 11) is 0. The molecule has 1 unspecified atom stereocenters. The van der Waals surface area contributed by atoms with Gasteiger partial charge in [0.2, 0.25) is 0 Å². The molecule has 0 bridgehead atoms. The standard InChI is InChI=1S/C13H21NO3S/c1-13(2,3)11(4-5-15)14-7-10-6-9(8-18-10)12(16)17/h6,8,11,14-15H,4-5,7H2,1-3H3,(H,16,17). The van der Waals surface area contributed by atoms with Crippen LogP contribution in [0.5, 0.6) is 0 Å². The monoisotopic (exact) mass is 271 g/mol. The Balaban J connectivity index is 2.58. The van der Waals surface area contributed by atoms with Gasteiger partial charge >= 0.3 is 5.97 Å². The van der Waals surface area contributed by atoms with Gasteiger partial charge in [-0.15, -0.1) is 11.3 Å². The molecule has 0 saturated carbocycles. The zero-order chi connectivity index (χ0) is 13.8. The fourth-order valence-electron chi connectivity index (χ4n) is 1.78. The average Bonchev–Trinajstić information content (AvgIpc) is 2.71. The molecule has 0 aromatic carbocycles. The fourth-order valence-corrected chi connectivity index (χ4v) is 2.59. The van der Waals surface area contributed by atoms with Crippen LogP contribution in [0, 0.1) is 5.41 Å². The van der Waals surface area contributed by atoms with Crippen LogP contribution in [0.2, 0.25) is 0 Å². The molecule has 1 aromatic heterocycles. The second kappa shape index (κ2) is 6.31. The third kappa shape index (κ3) is 4.40. The molecule has 18 heavy (non-hydrogen) atoms. The van der Waals surface area contributed by atoms with Gasteiger partial charge in [0, 0.05) is 29.5 Å². The van der Waals surface area contributed by atoms with Gasteiger partial charge in [0.05, 0.1) is 5.56 Å². The Bertz CT molecular complexity index is 395. The lowest BCUT2D eigenvalue weighted by atomic mass is 9.85. The van der Waals surface area contributed by atoms with E-state index in [9.17, 15) is 4.79 Å². The maximum absolute atomic E-state index is 10.8. The largest absolute Gasteiger partial charge is 0.478 e. The average molecular weight is 271 g/mol. The van der Waals surface area contributed by atoms with Crippen LogP contribution in [-0.4, -0.2) is 28.8 Å². The summed E-state index contributed by atoms with van der Waals surface area (Å²) in [5.74, 6) is -0.889. The van der Waals surface area contributed by atoms with E-state index >= 15 is 0 Å². The number of aliphatic hydroxyl groups excluding tert-OH is 1. The predicted octanol–water partition coefficient (Wildman–Crippen LogP) is 2.33. The van der Waals surface area contributed by atoms with Gasteiger partial charge < -0.3 is 15.5 Å². The molecule has 1 rings (SSSR count). The molecular formula is C13H21NO3S. The number of carboxylic acid groups (broad SMARTS) is 1. The van der Waals surface area contributed by atoms with E-state index in [1.165, 1.54) is 11.3 Å². The van der Waals surface area contributed by atoms with Crippen LogP contribution in [0.1, 0.15) is 42.4 Å². The minimum absolute atomic E-state index is 0.0651. The molecule has 0 fully saturated rings. The Morgan fingerprint density at radius 2 is 2.17 bits per heavy atom. The summed E-state index contributed by atoms with van der Waals surface area (Å²) in [5.41, 5.74) is 0.404. The van der Waals surface area contributed by atoms with E-state index in [0.717, 1.165) is 4.88 Å². The second-order valence-corrected chi connectivity index (χ2v) is 6.41. The molecule has 0 aliphatic carbocycles. The number of nitrogens with one attached hydrogen (secondary N) is 1. The van der Waals surface area contributed by atoms with Crippen LogP contribution >= 0.6 is 11.3 Å². The summed E-state index contributed by atoms with van der Waals surface area (Å²) >= 11 is 1.44. The number of thiophene rings is 1. The van der Waals surface area contributed by atoms with Gasteiger partial charge in [0.15, 0.2) is 0 Å². The topological polar surface area (TPSA) is 69.6 Å². The van der Waals surface area contributed by atoms with E-state index in [-0.39, 0.29) is 18.1 Å². The van der Waals surface area contributed by atoms with E-state index in [4.69, 9.17) is 10.2 Å². The summed E-state index contributed by atoms with van der Waals surface area (Å²) in [5, 5.41) is 22.9. The van der Waals surface area contributed by atoms with Gasteiger partial charge in [-0.05, 0) is 17.9 Å². The lowest BCUT2D eigenvalue weighted by molar-refractivity contribution is 0.0697. The van der Waals surface area contributed by atoms with Crippen LogP contribution in [0.15, 0.2) is 11.4 Å². The summed E-state index contributed by atoms with van der Waals surface area (Å²) in [4.78, 5) is 11.8. The smallest absolute Gasteiger partial charge is 0.336 e. The molecule has 0 radical (unpaired) electrons. The van der Waals surface area contributed by atoms with Crippen LogP contribution in [0.25, 0.3) is 0 Å². The second-order valence-electron chi connectivity index (χ2n) is 5.42. The van der Waals surface area contributed by atoms with Crippen molar-refractivity contribution in [1.29, 1.82) is 0 Å². The Hall–Kier alpha value is -0.910. The van der Waals surface area contributed by atoms with Crippen molar-refractivity contribution in [2.75, 3.05) is 6.61 Å². The predicted molar refractivity (Wildman–Crippen MR) is 73.1 cm³/mol. The molecule has 1 atom stereocenters. The van der Waals surface area contributed by atoms with Crippen LogP contribution in [-0.2, 0) is 6.54 Å². The van der Waals surface area contributed by atoms with Crippen molar-refractivity contribution in [2.24, 2.45) is 5.41 Å². The SMILES string of the molecule is CC(C)(C)C(CCO)NCc1cc(C(=O)O)cs1. The summed E-state index contributed by atoms with van der Waals surface area (Å²) in [6.07, 6.45) is 0.695. The number of aromatic carboxylic acids is 1. The fraction of sp³-hybridized carbons (Fsp3) is 0.615. The van der Waals surface area contributed by atoms with Crippen LogP contribution in [0.4, 0.5) is 0 Å². The van der Waals surface area contributed by atoms with Crippen LogP contribution in [0.3, 0.4) is 0 Å². The van der Waals surface area contributed by atoms with Crippen LogP contribution < -0.4 is 5.32 Å². The highest BCUT2D eigenvalue weighted by Crippen LogP contribution is 2.23. The Kier molecular flexibility index (Phi) is 5.31. The number of hydrogen-bond acceptors (Lipinski definition) is 4. The van der Waals surface area contributed by atoms with Gasteiger partial charge in [0.1, 0.15) is 0 Å². The molecule has 0 spiro atoms. The molecule has 4 nitrogen and oxygen atoms in total. The molecule has 0 amide bonds. The van der Waals surface area contributed by atoms with E-state index < -0.39 is 5.97 Å². The third-order valence-corrected chi connectivity index (χ3v) is 3.82. The minimum Gasteiger partial charge on any atom is -0.478 e. The van der Waals surface area contributed by atoms with Gasteiger partial charge in [-0.2, -0.15) is 0 Å². The number of hydrogen-bond donors (Lipinski definition) is 3. The maximum Gasteiger partial charge on any atom is 0.336 e. The molecule has 1 aromatic rings. The first kappa shape index (κ1) is 15.1. The van der Waals surface area contributed by atoms with E-state index in [1.807, 2.05) is 0 Å². The highest BCUT2D eigenvalue weighted by Gasteiger charge is 2.23. The molecule has 0 saturated heterocycles. The lowest BCUT2D eigenvalue weighted by Crippen LogP contribution is -2.40. The summed E-state index contributed by atoms with van der Waals surface area (Å²) in [6, 6.07) is 1.90. The highest BCUT2D eigenvalue weighted by molar-refractivity contribution is 7.10. The van der Waals surface area contributed by atoms with E-state index in [2.05, 4.69) is 26.1 Å². The number of rotatable bonds is 6. The van der Waals surface area contributed by atoms with Crippen molar-refractivity contribution >= 4 is 17.3 Å². The zero-order valence-corrected chi connectivity index (χ0v) is 11.9. The molecule has 3 N–H and O–H groups in total. The Morgan fingerprint density at radius 1 is 1.50 bits per heavy atom. The summed E-state index contributed by atoms with van der Waals surface area (Å²) in [6.45, 7) is 7.16. The van der Waals surface area contributed by atoms with E-state index in [0.29, 0.717) is 18.5 Å². The first-order valence-corrected chi connectivity index (χ1v) is 6.87. The molecule has 1 heterocycles. The first-order chi connectivity index (χ1) is 8.34. The Labute approximate surface area is 112 Å². The van der Waals surface area contributed by atoms with Gasteiger partial charge in [0.25, 0.3) is 0 Å². The lowest BCUT2D eigenvalue weighted by Gasteiger charge is -2.31. The molecule has 0 aliphatic heterocycles. The summed E-state index contributed by atoms with van der Waals surface area (Å²) < 4.78 is 0. The highest BCUT2D eigenvalue weighted by atomic mass is 32.1. The van der Waals surface area contributed by atoms with Crippen molar-refractivity contribution in [3.05, 3.63) is 21.9 Å². The van der Waals surface area contributed by atoms with Crippen molar-refractivity contribution in [2.45, 2.75) is 39.8 Å². The zero-order valence-electron chi connectivity index (χ0n) is 11.1. The van der Waals surface area contributed by atoms with Gasteiger partial charge in [-0.3, -0.25) is 0 Å². The van der Waals surface area contributed by atoms with Crippen molar-refractivity contribution in [1.82, 2.24) is 5.32 Å². The van der Waals surface area contributed by atoms with Gasteiger partial charge in [-0.25, -0.2) is 4.79 Å².